The Kier molecular flexibility index (Phi) is 5.33. The summed E-state index contributed by atoms with van der Waals surface area (Å²) in [5.41, 5.74) is 2.45. The second-order valence-electron chi connectivity index (χ2n) is 7.05. The summed E-state index contributed by atoms with van der Waals surface area (Å²) < 4.78 is 7.46. The van der Waals surface area contributed by atoms with E-state index < -0.39 is 0 Å². The highest BCUT2D eigenvalue weighted by Gasteiger charge is 2.25. The number of aromatic nitrogens is 1. The Morgan fingerprint density at radius 3 is 2.32 bits per heavy atom. The lowest BCUT2D eigenvalue weighted by Gasteiger charge is -2.33. The fourth-order valence-corrected chi connectivity index (χ4v) is 3.74. The summed E-state index contributed by atoms with van der Waals surface area (Å²) in [6.07, 6.45) is 6.18. The largest absolute Gasteiger partial charge is 0.497 e. The first-order chi connectivity index (χ1) is 13.7. The van der Waals surface area contributed by atoms with Crippen LogP contribution in [0.25, 0.3) is 0 Å². The van der Waals surface area contributed by atoms with E-state index in [9.17, 15) is 4.79 Å². The van der Waals surface area contributed by atoms with E-state index in [1.807, 2.05) is 53.4 Å². The third kappa shape index (κ3) is 3.88. The summed E-state index contributed by atoms with van der Waals surface area (Å²) >= 11 is 0. The van der Waals surface area contributed by atoms with Crippen molar-refractivity contribution in [3.8, 4) is 5.75 Å². The number of amides is 1. The highest BCUT2D eigenvalue weighted by molar-refractivity contribution is 6.00. The molecule has 0 atom stereocenters. The maximum Gasteiger partial charge on any atom is 0.255 e. The van der Waals surface area contributed by atoms with Gasteiger partial charge in [-0.2, -0.15) is 0 Å². The zero-order valence-electron chi connectivity index (χ0n) is 16.0. The highest BCUT2D eigenvalue weighted by atomic mass is 16.5. The van der Waals surface area contributed by atoms with Crippen LogP contribution in [0.4, 0.5) is 11.4 Å². The molecule has 1 amide bonds. The molecule has 0 radical (unpaired) electrons. The molecule has 1 N–H and O–H groups in total. The summed E-state index contributed by atoms with van der Waals surface area (Å²) in [5, 5.41) is 3.37. The number of carbonyl (C=O) groups is 1. The first kappa shape index (κ1) is 18.2. The van der Waals surface area contributed by atoms with E-state index in [0.29, 0.717) is 11.6 Å². The van der Waals surface area contributed by atoms with Gasteiger partial charge < -0.3 is 19.5 Å². The van der Waals surface area contributed by atoms with E-state index in [-0.39, 0.29) is 5.91 Å². The van der Waals surface area contributed by atoms with E-state index in [4.69, 9.17) is 4.74 Å². The molecule has 1 saturated heterocycles. The standard InChI is InChI=1S/C23H25N3O2/c1-28-20-10-8-18(9-11-20)24-22-7-3-2-6-21(22)23(27)26-16-12-19(13-17-26)25-14-4-5-15-25/h2-11,14-15,19,24H,12-13,16-17H2,1H3. The number of hydrogen-bond donors (Lipinski definition) is 1. The van der Waals surface area contributed by atoms with Crippen molar-refractivity contribution in [1.29, 1.82) is 0 Å². The van der Waals surface area contributed by atoms with E-state index in [1.54, 1.807) is 7.11 Å². The molecule has 144 valence electrons. The molecule has 2 aromatic carbocycles. The second-order valence-corrected chi connectivity index (χ2v) is 7.05. The fourth-order valence-electron chi connectivity index (χ4n) is 3.74. The lowest BCUT2D eigenvalue weighted by Crippen LogP contribution is -2.39. The number of likely N-dealkylation sites (tertiary alicyclic amines) is 1. The van der Waals surface area contributed by atoms with Crippen LogP contribution in [-0.4, -0.2) is 35.6 Å². The molecular formula is C23H25N3O2. The predicted octanol–water partition coefficient (Wildman–Crippen LogP) is 4.72. The van der Waals surface area contributed by atoms with Gasteiger partial charge in [-0.3, -0.25) is 4.79 Å². The number of carbonyl (C=O) groups excluding carboxylic acids is 1. The van der Waals surface area contributed by atoms with E-state index in [2.05, 4.69) is 34.4 Å². The molecule has 1 aromatic heterocycles. The summed E-state index contributed by atoms with van der Waals surface area (Å²) in [5.74, 6) is 0.892. The summed E-state index contributed by atoms with van der Waals surface area (Å²) in [6.45, 7) is 1.55. The first-order valence-corrected chi connectivity index (χ1v) is 9.66. The molecule has 2 heterocycles. The molecular weight excluding hydrogens is 350 g/mol. The van der Waals surface area contributed by atoms with Crippen LogP contribution < -0.4 is 10.1 Å². The summed E-state index contributed by atoms with van der Waals surface area (Å²) in [6, 6.07) is 20.0. The molecule has 0 spiro atoms. The van der Waals surface area contributed by atoms with Crippen LogP contribution in [0.5, 0.6) is 5.75 Å². The topological polar surface area (TPSA) is 46.5 Å². The molecule has 0 unspecified atom stereocenters. The van der Waals surface area contributed by atoms with Gasteiger partial charge in [-0.25, -0.2) is 0 Å². The van der Waals surface area contributed by atoms with Gasteiger partial charge in [-0.15, -0.1) is 0 Å². The van der Waals surface area contributed by atoms with Crippen LogP contribution >= 0.6 is 0 Å². The van der Waals surface area contributed by atoms with Gasteiger partial charge in [0.1, 0.15) is 5.75 Å². The Hall–Kier alpha value is -3.21. The van der Waals surface area contributed by atoms with Gasteiger partial charge in [-0.1, -0.05) is 12.1 Å². The molecule has 5 heteroatoms. The van der Waals surface area contributed by atoms with Crippen molar-refractivity contribution in [2.24, 2.45) is 0 Å². The van der Waals surface area contributed by atoms with Gasteiger partial charge in [0.15, 0.2) is 0 Å². The molecule has 1 fully saturated rings. The van der Waals surface area contributed by atoms with Crippen LogP contribution in [0.3, 0.4) is 0 Å². The van der Waals surface area contributed by atoms with Gasteiger partial charge >= 0.3 is 0 Å². The zero-order valence-corrected chi connectivity index (χ0v) is 16.0. The molecule has 5 nitrogen and oxygen atoms in total. The Balaban J connectivity index is 1.46. The number of para-hydroxylation sites is 1. The quantitative estimate of drug-likeness (QED) is 0.702. The molecule has 0 saturated carbocycles. The maximum absolute atomic E-state index is 13.2. The van der Waals surface area contributed by atoms with Crippen molar-refractivity contribution in [3.63, 3.8) is 0 Å². The third-order valence-electron chi connectivity index (χ3n) is 5.33. The van der Waals surface area contributed by atoms with Gasteiger partial charge in [0.2, 0.25) is 0 Å². The van der Waals surface area contributed by atoms with Gasteiger partial charge in [0.25, 0.3) is 5.91 Å². The predicted molar refractivity (Wildman–Crippen MR) is 111 cm³/mol. The van der Waals surface area contributed by atoms with Crippen LogP contribution in [0, 0.1) is 0 Å². The van der Waals surface area contributed by atoms with Crippen LogP contribution in [0.15, 0.2) is 73.1 Å². The van der Waals surface area contributed by atoms with Gasteiger partial charge in [0, 0.05) is 37.2 Å². The summed E-state index contributed by atoms with van der Waals surface area (Å²) in [4.78, 5) is 15.1. The zero-order chi connectivity index (χ0) is 19.3. The number of methoxy groups -OCH3 is 1. The van der Waals surface area contributed by atoms with Gasteiger partial charge in [-0.05, 0) is 61.4 Å². The van der Waals surface area contributed by atoms with Crippen LogP contribution in [0.1, 0.15) is 29.2 Å². The smallest absolute Gasteiger partial charge is 0.255 e. The van der Waals surface area contributed by atoms with Crippen molar-refractivity contribution < 1.29 is 9.53 Å². The number of ether oxygens (including phenoxy) is 1. The average Bonchev–Trinajstić information content (AvgIpc) is 3.29. The summed E-state index contributed by atoms with van der Waals surface area (Å²) in [7, 11) is 1.65. The monoisotopic (exact) mass is 375 g/mol. The average molecular weight is 375 g/mol. The number of piperidine rings is 1. The number of nitrogens with zero attached hydrogens (tertiary/aromatic N) is 2. The number of anilines is 2. The number of benzene rings is 2. The highest BCUT2D eigenvalue weighted by Crippen LogP contribution is 2.27. The minimum absolute atomic E-state index is 0.0857. The molecule has 4 rings (SSSR count). The molecule has 0 bridgehead atoms. The number of nitrogens with one attached hydrogen (secondary N) is 1. The van der Waals surface area contributed by atoms with Crippen molar-refractivity contribution in [3.05, 3.63) is 78.6 Å². The second kappa shape index (κ2) is 8.21. The SMILES string of the molecule is COc1ccc(Nc2ccccc2C(=O)N2CCC(n3cccc3)CC2)cc1. The van der Waals surface area contributed by atoms with Crippen molar-refractivity contribution >= 4 is 17.3 Å². The molecule has 28 heavy (non-hydrogen) atoms. The Bertz CT molecular complexity index is 911. The van der Waals surface area contributed by atoms with E-state index >= 15 is 0 Å². The van der Waals surface area contributed by atoms with Crippen LogP contribution in [-0.2, 0) is 0 Å². The molecule has 1 aliphatic heterocycles. The first-order valence-electron chi connectivity index (χ1n) is 9.66. The van der Waals surface area contributed by atoms with E-state index in [1.165, 1.54) is 0 Å². The minimum Gasteiger partial charge on any atom is -0.497 e. The van der Waals surface area contributed by atoms with Crippen molar-refractivity contribution in [2.45, 2.75) is 18.9 Å². The fraction of sp³-hybridized carbons (Fsp3) is 0.261. The minimum atomic E-state index is 0.0857. The number of rotatable bonds is 5. The van der Waals surface area contributed by atoms with Crippen molar-refractivity contribution in [2.75, 3.05) is 25.5 Å². The Morgan fingerprint density at radius 2 is 1.64 bits per heavy atom. The van der Waals surface area contributed by atoms with Crippen molar-refractivity contribution in [1.82, 2.24) is 9.47 Å². The van der Waals surface area contributed by atoms with Crippen LogP contribution in [0.2, 0.25) is 0 Å². The number of hydrogen-bond acceptors (Lipinski definition) is 3. The van der Waals surface area contributed by atoms with Gasteiger partial charge in [0.05, 0.1) is 18.4 Å². The Labute approximate surface area is 165 Å². The Morgan fingerprint density at radius 1 is 0.964 bits per heavy atom. The molecule has 0 aliphatic carbocycles. The maximum atomic E-state index is 13.2. The van der Waals surface area contributed by atoms with E-state index in [0.717, 1.165) is 43.1 Å². The lowest BCUT2D eigenvalue weighted by molar-refractivity contribution is 0.0695. The molecule has 3 aromatic rings. The lowest BCUT2D eigenvalue weighted by atomic mass is 10.0. The normalized spacial score (nSPS) is 14.7. The third-order valence-corrected chi connectivity index (χ3v) is 5.33. The molecule has 1 aliphatic rings.